The summed E-state index contributed by atoms with van der Waals surface area (Å²) < 4.78 is 18.4. The smallest absolute Gasteiger partial charge is 0.274 e. The summed E-state index contributed by atoms with van der Waals surface area (Å²) in [7, 11) is 1.59. The van der Waals surface area contributed by atoms with Crippen LogP contribution in [0.4, 0.5) is 15.8 Å². The second-order valence-corrected chi connectivity index (χ2v) is 4.57. The molecule has 0 atom stereocenters. The average Bonchev–Trinajstić information content (AvgIpc) is 2.45. The number of anilines is 1. The van der Waals surface area contributed by atoms with Crippen molar-refractivity contribution in [3.05, 3.63) is 63.5 Å². The molecular weight excluding hydrogens is 275 g/mol. The topological polar surface area (TPSA) is 64.4 Å². The Morgan fingerprint density at radius 2 is 2.05 bits per heavy atom. The van der Waals surface area contributed by atoms with Gasteiger partial charge < -0.3 is 10.1 Å². The van der Waals surface area contributed by atoms with E-state index in [2.05, 4.69) is 5.32 Å². The highest BCUT2D eigenvalue weighted by Crippen LogP contribution is 2.24. The number of rotatable bonds is 5. The molecule has 2 rings (SSSR count). The van der Waals surface area contributed by atoms with Gasteiger partial charge in [0.25, 0.3) is 5.69 Å². The molecule has 0 amide bonds. The van der Waals surface area contributed by atoms with Gasteiger partial charge in [-0.2, -0.15) is 0 Å². The molecule has 0 saturated heterocycles. The molecule has 0 aliphatic heterocycles. The quantitative estimate of drug-likeness (QED) is 0.674. The van der Waals surface area contributed by atoms with Crippen LogP contribution in [-0.2, 0) is 6.54 Å². The van der Waals surface area contributed by atoms with Crippen molar-refractivity contribution in [2.45, 2.75) is 13.5 Å². The Bertz CT molecular complexity index is 674. The van der Waals surface area contributed by atoms with E-state index in [4.69, 9.17) is 4.74 Å². The molecule has 1 N–H and O–H groups in total. The average molecular weight is 290 g/mol. The molecule has 0 radical (unpaired) electrons. The summed E-state index contributed by atoms with van der Waals surface area (Å²) in [4.78, 5) is 10.4. The maximum absolute atomic E-state index is 13.2. The molecule has 0 aliphatic carbocycles. The lowest BCUT2D eigenvalue weighted by Crippen LogP contribution is -2.04. The molecule has 0 fully saturated rings. The van der Waals surface area contributed by atoms with Gasteiger partial charge in [-0.15, -0.1) is 0 Å². The molecule has 0 bridgehead atoms. The molecule has 0 spiro atoms. The highest BCUT2D eigenvalue weighted by Gasteiger charge is 2.14. The number of nitro benzene ring substituents is 1. The van der Waals surface area contributed by atoms with Crippen molar-refractivity contribution in [1.82, 2.24) is 0 Å². The Morgan fingerprint density at radius 3 is 2.67 bits per heavy atom. The third kappa shape index (κ3) is 3.47. The first-order valence-corrected chi connectivity index (χ1v) is 6.32. The molecule has 21 heavy (non-hydrogen) atoms. The Morgan fingerprint density at radius 1 is 1.29 bits per heavy atom. The third-order valence-electron chi connectivity index (χ3n) is 3.12. The van der Waals surface area contributed by atoms with Crippen LogP contribution in [0.25, 0.3) is 0 Å². The number of nitrogens with one attached hydrogen (secondary N) is 1. The number of benzene rings is 2. The van der Waals surface area contributed by atoms with Gasteiger partial charge in [-0.05, 0) is 42.8 Å². The lowest BCUT2D eigenvalue weighted by atomic mass is 10.1. The van der Waals surface area contributed by atoms with Crippen LogP contribution in [-0.4, -0.2) is 12.0 Å². The number of methoxy groups -OCH3 is 1. The van der Waals surface area contributed by atoms with Gasteiger partial charge in [0.15, 0.2) is 0 Å². The van der Waals surface area contributed by atoms with Crippen LogP contribution >= 0.6 is 0 Å². The maximum atomic E-state index is 13.2. The van der Waals surface area contributed by atoms with Gasteiger partial charge in [-0.25, -0.2) is 4.39 Å². The molecule has 2 aromatic carbocycles. The number of halogens is 1. The van der Waals surface area contributed by atoms with Gasteiger partial charge in [0, 0.05) is 18.3 Å². The van der Waals surface area contributed by atoms with Crippen LogP contribution in [0.5, 0.6) is 5.75 Å². The molecule has 2 aromatic rings. The van der Waals surface area contributed by atoms with E-state index in [-0.39, 0.29) is 12.2 Å². The molecule has 0 heterocycles. The summed E-state index contributed by atoms with van der Waals surface area (Å²) in [5.74, 6) is 0.264. The molecule has 0 aromatic heterocycles. The first-order chi connectivity index (χ1) is 10.0. The van der Waals surface area contributed by atoms with E-state index < -0.39 is 10.7 Å². The van der Waals surface area contributed by atoms with Gasteiger partial charge >= 0.3 is 0 Å². The maximum Gasteiger partial charge on any atom is 0.274 e. The van der Waals surface area contributed by atoms with E-state index in [1.165, 1.54) is 12.1 Å². The summed E-state index contributed by atoms with van der Waals surface area (Å²) in [5, 5.41) is 14.0. The fraction of sp³-hybridized carbons (Fsp3) is 0.200. The molecule has 0 unspecified atom stereocenters. The van der Waals surface area contributed by atoms with Crippen molar-refractivity contribution in [2.24, 2.45) is 0 Å². The van der Waals surface area contributed by atoms with E-state index in [9.17, 15) is 14.5 Å². The number of ether oxygens (including phenoxy) is 1. The van der Waals surface area contributed by atoms with Crippen LogP contribution in [0.1, 0.15) is 11.1 Å². The fourth-order valence-electron chi connectivity index (χ4n) is 2.06. The molecule has 110 valence electrons. The molecular formula is C15H15FN2O3. The molecule has 6 heteroatoms. The van der Waals surface area contributed by atoms with Crippen LogP contribution in [0.3, 0.4) is 0 Å². The highest BCUT2D eigenvalue weighted by atomic mass is 19.1. The summed E-state index contributed by atoms with van der Waals surface area (Å²) in [6.07, 6.45) is 0. The Balaban J connectivity index is 2.18. The summed E-state index contributed by atoms with van der Waals surface area (Å²) in [6, 6.07) is 8.89. The number of hydrogen-bond donors (Lipinski definition) is 1. The highest BCUT2D eigenvalue weighted by molar-refractivity contribution is 5.52. The van der Waals surface area contributed by atoms with Gasteiger partial charge in [0.2, 0.25) is 0 Å². The number of aryl methyl sites for hydroxylation is 1. The van der Waals surface area contributed by atoms with E-state index >= 15 is 0 Å². The van der Waals surface area contributed by atoms with Gasteiger partial charge in [-0.3, -0.25) is 10.1 Å². The van der Waals surface area contributed by atoms with E-state index in [1.807, 2.05) is 13.0 Å². The van der Waals surface area contributed by atoms with Crippen LogP contribution in [0, 0.1) is 22.9 Å². The standard InChI is InChI=1S/C15H15FN2O3/c1-10-7-13(4-6-15(10)21-2)17-9-11-8-12(16)3-5-14(11)18(19)20/h3-8,17H,9H2,1-2H3. The third-order valence-corrected chi connectivity index (χ3v) is 3.12. The van der Waals surface area contributed by atoms with Crippen molar-refractivity contribution >= 4 is 11.4 Å². The van der Waals surface area contributed by atoms with Crippen molar-refractivity contribution in [3.8, 4) is 5.75 Å². The Hall–Kier alpha value is -2.63. The minimum atomic E-state index is -0.518. The number of hydrogen-bond acceptors (Lipinski definition) is 4. The van der Waals surface area contributed by atoms with Crippen LogP contribution in [0.2, 0.25) is 0 Å². The lowest BCUT2D eigenvalue weighted by Gasteiger charge is -2.10. The van der Waals surface area contributed by atoms with Crippen molar-refractivity contribution < 1.29 is 14.1 Å². The molecule has 5 nitrogen and oxygen atoms in total. The summed E-state index contributed by atoms with van der Waals surface area (Å²) >= 11 is 0. The zero-order chi connectivity index (χ0) is 15.4. The summed E-state index contributed by atoms with van der Waals surface area (Å²) in [6.45, 7) is 2.06. The second-order valence-electron chi connectivity index (χ2n) is 4.57. The predicted molar refractivity (Wildman–Crippen MR) is 78.1 cm³/mol. The van der Waals surface area contributed by atoms with E-state index in [1.54, 1.807) is 19.2 Å². The monoisotopic (exact) mass is 290 g/mol. The van der Waals surface area contributed by atoms with Crippen LogP contribution in [0.15, 0.2) is 36.4 Å². The SMILES string of the molecule is COc1ccc(NCc2cc(F)ccc2[N+](=O)[O-])cc1C. The minimum Gasteiger partial charge on any atom is -0.496 e. The largest absolute Gasteiger partial charge is 0.496 e. The summed E-state index contributed by atoms with van der Waals surface area (Å²) in [5.41, 5.74) is 1.92. The zero-order valence-electron chi connectivity index (χ0n) is 11.7. The van der Waals surface area contributed by atoms with Gasteiger partial charge in [-0.1, -0.05) is 0 Å². The van der Waals surface area contributed by atoms with Crippen molar-refractivity contribution in [2.75, 3.05) is 12.4 Å². The molecule has 0 saturated carbocycles. The Kier molecular flexibility index (Phi) is 4.37. The first kappa shape index (κ1) is 14.8. The Labute approximate surface area is 121 Å². The van der Waals surface area contributed by atoms with Crippen LogP contribution < -0.4 is 10.1 Å². The minimum absolute atomic E-state index is 0.103. The van der Waals surface area contributed by atoms with Crippen molar-refractivity contribution in [3.63, 3.8) is 0 Å². The van der Waals surface area contributed by atoms with E-state index in [0.29, 0.717) is 5.56 Å². The lowest BCUT2D eigenvalue weighted by molar-refractivity contribution is -0.385. The fourth-order valence-corrected chi connectivity index (χ4v) is 2.06. The normalized spacial score (nSPS) is 10.2. The number of nitro groups is 1. The predicted octanol–water partition coefficient (Wildman–Crippen LogP) is 3.66. The van der Waals surface area contributed by atoms with Crippen molar-refractivity contribution in [1.29, 1.82) is 0 Å². The first-order valence-electron chi connectivity index (χ1n) is 6.32. The van der Waals surface area contributed by atoms with Gasteiger partial charge in [0.1, 0.15) is 11.6 Å². The van der Waals surface area contributed by atoms with E-state index in [0.717, 1.165) is 23.1 Å². The van der Waals surface area contributed by atoms with Gasteiger partial charge in [0.05, 0.1) is 17.6 Å². The number of nitrogens with zero attached hydrogens (tertiary/aromatic N) is 1. The zero-order valence-corrected chi connectivity index (χ0v) is 11.7. The molecule has 0 aliphatic rings. The second kappa shape index (κ2) is 6.21.